The minimum Gasteiger partial charge on any atom is -0.481 e. The Balaban J connectivity index is 2.85. The molecule has 1 rings (SSSR count). The van der Waals surface area contributed by atoms with Gasteiger partial charge in [-0.2, -0.15) is 0 Å². The molecule has 0 aliphatic heterocycles. The molecule has 0 aromatic heterocycles. The van der Waals surface area contributed by atoms with E-state index in [1.165, 1.54) is 0 Å². The van der Waals surface area contributed by atoms with E-state index in [1.54, 1.807) is 6.92 Å². The summed E-state index contributed by atoms with van der Waals surface area (Å²) in [6.07, 6.45) is 0. The topological polar surface area (TPSA) is 49.3 Å². The summed E-state index contributed by atoms with van der Waals surface area (Å²) in [6, 6.07) is 7.39. The van der Waals surface area contributed by atoms with E-state index in [9.17, 15) is 4.79 Å². The van der Waals surface area contributed by atoms with Gasteiger partial charge in [-0.1, -0.05) is 12.1 Å². The van der Waals surface area contributed by atoms with E-state index >= 15 is 0 Å². The molecule has 0 spiro atoms. The Hall–Kier alpha value is -1.51. The maximum absolute atomic E-state index is 10.6. The number of rotatable bonds is 3. The first kappa shape index (κ1) is 9.58. The largest absolute Gasteiger partial charge is 0.481 e. The van der Waals surface area contributed by atoms with Gasteiger partial charge in [-0.3, -0.25) is 4.79 Å². The summed E-state index contributed by atoms with van der Waals surface area (Å²) in [6.45, 7) is 1.68. The number of hydrogen-bond acceptors (Lipinski definition) is 2. The van der Waals surface area contributed by atoms with Gasteiger partial charge in [0.05, 0.1) is 5.92 Å². The Kier molecular flexibility index (Phi) is 2.90. The molecule has 0 amide bonds. The molecule has 13 heavy (non-hydrogen) atoms. The van der Waals surface area contributed by atoms with Crippen LogP contribution in [0.4, 0.5) is 5.69 Å². The minimum absolute atomic E-state index is 0.439. The fourth-order valence-corrected chi connectivity index (χ4v) is 1.08. The third kappa shape index (κ3) is 2.21. The van der Waals surface area contributed by atoms with E-state index in [4.69, 9.17) is 5.11 Å². The molecule has 3 heteroatoms. The van der Waals surface area contributed by atoms with Crippen molar-refractivity contribution in [3.63, 3.8) is 0 Å². The van der Waals surface area contributed by atoms with Crippen LogP contribution in [0, 0.1) is 0 Å². The summed E-state index contributed by atoms with van der Waals surface area (Å²) >= 11 is 0. The molecule has 0 saturated carbocycles. The summed E-state index contributed by atoms with van der Waals surface area (Å²) in [7, 11) is 1.83. The van der Waals surface area contributed by atoms with Gasteiger partial charge in [-0.05, 0) is 24.6 Å². The van der Waals surface area contributed by atoms with Crippen LogP contribution in [0.5, 0.6) is 0 Å². The first-order chi connectivity index (χ1) is 6.15. The lowest BCUT2D eigenvalue weighted by Crippen LogP contribution is -2.07. The van der Waals surface area contributed by atoms with E-state index in [0.717, 1.165) is 11.3 Å². The zero-order valence-electron chi connectivity index (χ0n) is 7.74. The number of carboxylic acids is 1. The molecule has 70 valence electrons. The average molecular weight is 179 g/mol. The zero-order valence-corrected chi connectivity index (χ0v) is 7.74. The van der Waals surface area contributed by atoms with Gasteiger partial charge in [-0.15, -0.1) is 0 Å². The monoisotopic (exact) mass is 179 g/mol. The van der Waals surface area contributed by atoms with E-state index in [-0.39, 0.29) is 0 Å². The van der Waals surface area contributed by atoms with Crippen molar-refractivity contribution in [1.29, 1.82) is 0 Å². The predicted octanol–water partition coefficient (Wildman–Crippen LogP) is 1.92. The van der Waals surface area contributed by atoms with E-state index in [2.05, 4.69) is 5.32 Å². The van der Waals surface area contributed by atoms with Crippen LogP contribution in [-0.2, 0) is 4.79 Å². The summed E-state index contributed by atoms with van der Waals surface area (Å²) in [5, 5.41) is 11.7. The van der Waals surface area contributed by atoms with Crippen LogP contribution in [-0.4, -0.2) is 18.1 Å². The fraction of sp³-hybridized carbons (Fsp3) is 0.300. The molecule has 1 unspecified atom stereocenters. The summed E-state index contributed by atoms with van der Waals surface area (Å²) in [5.41, 5.74) is 1.81. The Morgan fingerprint density at radius 2 is 1.92 bits per heavy atom. The third-order valence-electron chi connectivity index (χ3n) is 2.07. The van der Waals surface area contributed by atoms with Crippen LogP contribution in [0.15, 0.2) is 24.3 Å². The normalized spacial score (nSPS) is 12.2. The first-order valence-corrected chi connectivity index (χ1v) is 4.15. The molecule has 0 aliphatic rings. The molecule has 1 aromatic carbocycles. The highest BCUT2D eigenvalue weighted by molar-refractivity contribution is 5.75. The highest BCUT2D eigenvalue weighted by Gasteiger charge is 2.12. The van der Waals surface area contributed by atoms with Gasteiger partial charge >= 0.3 is 5.97 Å². The van der Waals surface area contributed by atoms with Gasteiger partial charge in [0, 0.05) is 12.7 Å². The van der Waals surface area contributed by atoms with Crippen LogP contribution >= 0.6 is 0 Å². The quantitative estimate of drug-likeness (QED) is 0.745. The molecule has 0 radical (unpaired) electrons. The average Bonchev–Trinajstić information content (AvgIpc) is 2.17. The molecule has 3 nitrogen and oxygen atoms in total. The lowest BCUT2D eigenvalue weighted by Gasteiger charge is -2.07. The standard InChI is InChI=1S/C10H13NO2/c1-7(10(12)13)8-3-5-9(11-2)6-4-8/h3-7,11H,1-2H3,(H,12,13). The van der Waals surface area contributed by atoms with Crippen LogP contribution in [0.3, 0.4) is 0 Å². The lowest BCUT2D eigenvalue weighted by molar-refractivity contribution is -0.138. The van der Waals surface area contributed by atoms with Crippen molar-refractivity contribution < 1.29 is 9.90 Å². The number of carboxylic acid groups (broad SMARTS) is 1. The molecule has 0 aliphatic carbocycles. The number of benzene rings is 1. The number of aliphatic carboxylic acids is 1. The smallest absolute Gasteiger partial charge is 0.310 e. The molecule has 2 N–H and O–H groups in total. The zero-order chi connectivity index (χ0) is 9.84. The summed E-state index contributed by atoms with van der Waals surface area (Å²) in [4.78, 5) is 10.6. The fourth-order valence-electron chi connectivity index (χ4n) is 1.08. The molecular formula is C10H13NO2. The maximum Gasteiger partial charge on any atom is 0.310 e. The minimum atomic E-state index is -0.794. The predicted molar refractivity (Wildman–Crippen MR) is 52.0 cm³/mol. The van der Waals surface area contributed by atoms with Crippen molar-refractivity contribution in [1.82, 2.24) is 0 Å². The van der Waals surface area contributed by atoms with Crippen molar-refractivity contribution in [2.24, 2.45) is 0 Å². The molecule has 0 bridgehead atoms. The second-order valence-corrected chi connectivity index (χ2v) is 2.93. The highest BCUT2D eigenvalue weighted by atomic mass is 16.4. The van der Waals surface area contributed by atoms with Gasteiger partial charge in [0.1, 0.15) is 0 Å². The van der Waals surface area contributed by atoms with Gasteiger partial charge in [0.25, 0.3) is 0 Å². The molecule has 0 heterocycles. The van der Waals surface area contributed by atoms with E-state index < -0.39 is 11.9 Å². The van der Waals surface area contributed by atoms with Crippen molar-refractivity contribution in [3.8, 4) is 0 Å². The SMILES string of the molecule is CNc1ccc(C(C)C(=O)O)cc1. The number of carbonyl (C=O) groups is 1. The van der Waals surface area contributed by atoms with Crippen LogP contribution in [0.2, 0.25) is 0 Å². The van der Waals surface area contributed by atoms with Gasteiger partial charge in [-0.25, -0.2) is 0 Å². The second kappa shape index (κ2) is 3.94. The van der Waals surface area contributed by atoms with Gasteiger partial charge in [0.2, 0.25) is 0 Å². The Bertz CT molecular complexity index is 292. The Labute approximate surface area is 77.4 Å². The van der Waals surface area contributed by atoms with Crippen LogP contribution < -0.4 is 5.32 Å². The first-order valence-electron chi connectivity index (χ1n) is 4.15. The summed E-state index contributed by atoms with van der Waals surface area (Å²) < 4.78 is 0. The Morgan fingerprint density at radius 1 is 1.38 bits per heavy atom. The highest BCUT2D eigenvalue weighted by Crippen LogP contribution is 2.17. The molecule has 1 aromatic rings. The van der Waals surface area contributed by atoms with Gasteiger partial charge in [0.15, 0.2) is 0 Å². The third-order valence-corrected chi connectivity index (χ3v) is 2.07. The van der Waals surface area contributed by atoms with Crippen molar-refractivity contribution in [2.45, 2.75) is 12.8 Å². The molecule has 0 saturated heterocycles. The Morgan fingerprint density at radius 3 is 2.31 bits per heavy atom. The number of anilines is 1. The summed E-state index contributed by atoms with van der Waals surface area (Å²) in [5.74, 6) is -1.23. The van der Waals surface area contributed by atoms with Crippen molar-refractivity contribution in [3.05, 3.63) is 29.8 Å². The number of hydrogen-bond donors (Lipinski definition) is 2. The van der Waals surface area contributed by atoms with Crippen molar-refractivity contribution in [2.75, 3.05) is 12.4 Å². The maximum atomic E-state index is 10.6. The van der Waals surface area contributed by atoms with Crippen molar-refractivity contribution >= 4 is 11.7 Å². The molecule has 0 fully saturated rings. The van der Waals surface area contributed by atoms with E-state index in [1.807, 2.05) is 31.3 Å². The molecular weight excluding hydrogens is 166 g/mol. The lowest BCUT2D eigenvalue weighted by atomic mass is 10.0. The number of nitrogens with one attached hydrogen (secondary N) is 1. The van der Waals surface area contributed by atoms with E-state index in [0.29, 0.717) is 0 Å². The van der Waals surface area contributed by atoms with Crippen LogP contribution in [0.25, 0.3) is 0 Å². The van der Waals surface area contributed by atoms with Crippen LogP contribution in [0.1, 0.15) is 18.4 Å². The van der Waals surface area contributed by atoms with Gasteiger partial charge < -0.3 is 10.4 Å². The second-order valence-electron chi connectivity index (χ2n) is 2.93. The molecule has 1 atom stereocenters.